The summed E-state index contributed by atoms with van der Waals surface area (Å²) in [6.07, 6.45) is 4.41. The third-order valence-corrected chi connectivity index (χ3v) is 5.81. The highest BCUT2D eigenvalue weighted by Crippen LogP contribution is 2.27. The second kappa shape index (κ2) is 9.84. The van der Waals surface area contributed by atoms with E-state index >= 15 is 0 Å². The van der Waals surface area contributed by atoms with E-state index < -0.39 is 5.97 Å². The molecular formula is C22H23N5O4S. The van der Waals surface area contributed by atoms with Gasteiger partial charge in [-0.25, -0.2) is 14.6 Å². The molecule has 3 aromatic rings. The molecule has 166 valence electrons. The zero-order chi connectivity index (χ0) is 22.5. The van der Waals surface area contributed by atoms with Crippen LogP contribution in [0.2, 0.25) is 0 Å². The molecule has 1 aliphatic heterocycles. The van der Waals surface area contributed by atoms with Crippen molar-refractivity contribution in [1.29, 1.82) is 0 Å². The van der Waals surface area contributed by atoms with E-state index in [0.29, 0.717) is 38.5 Å². The van der Waals surface area contributed by atoms with Crippen molar-refractivity contribution in [3.63, 3.8) is 0 Å². The zero-order valence-corrected chi connectivity index (χ0v) is 18.1. The van der Waals surface area contributed by atoms with Crippen molar-refractivity contribution in [1.82, 2.24) is 24.8 Å². The molecule has 2 N–H and O–H groups in total. The summed E-state index contributed by atoms with van der Waals surface area (Å²) in [7, 11) is 0. The average Bonchev–Trinajstić information content (AvgIpc) is 3.35. The van der Waals surface area contributed by atoms with Crippen molar-refractivity contribution in [2.45, 2.75) is 11.8 Å². The lowest BCUT2D eigenvalue weighted by Crippen LogP contribution is -2.49. The lowest BCUT2D eigenvalue weighted by atomic mass is 10.1. The monoisotopic (exact) mass is 453 g/mol. The van der Waals surface area contributed by atoms with Gasteiger partial charge in [0.15, 0.2) is 0 Å². The van der Waals surface area contributed by atoms with E-state index in [0.717, 1.165) is 17.1 Å². The molecule has 0 saturated carbocycles. The first-order chi connectivity index (χ1) is 15.5. The number of ether oxygens (including phenoxy) is 1. The highest BCUT2D eigenvalue weighted by atomic mass is 32.1. The first-order valence-electron chi connectivity index (χ1n) is 10.1. The first-order valence-corrected chi connectivity index (χ1v) is 10.7. The Morgan fingerprint density at radius 2 is 1.84 bits per heavy atom. The maximum atomic E-state index is 12.5. The van der Waals surface area contributed by atoms with E-state index in [1.807, 2.05) is 12.1 Å². The molecule has 9 nitrogen and oxygen atoms in total. The Labute approximate surface area is 190 Å². The van der Waals surface area contributed by atoms with Gasteiger partial charge < -0.3 is 19.7 Å². The molecule has 0 spiro atoms. The number of H-pyrrole nitrogens is 1. The van der Waals surface area contributed by atoms with Crippen LogP contribution in [0.15, 0.2) is 55.0 Å². The number of pyridine rings is 1. The minimum absolute atomic E-state index is 0.167. The summed E-state index contributed by atoms with van der Waals surface area (Å²) in [5.41, 5.74) is 1.91. The lowest BCUT2D eigenvalue weighted by molar-refractivity contribution is 0.0696. The molecule has 10 heteroatoms. The summed E-state index contributed by atoms with van der Waals surface area (Å²) < 4.78 is 5.52. The Morgan fingerprint density at radius 3 is 2.44 bits per heavy atom. The topological polar surface area (TPSA) is 112 Å². The normalized spacial score (nSPS) is 15.3. The highest BCUT2D eigenvalue weighted by Gasteiger charge is 2.23. The third kappa shape index (κ3) is 5.27. The number of aromatic carboxylic acids is 1. The summed E-state index contributed by atoms with van der Waals surface area (Å²) in [6, 6.07) is 10.5. The second-order valence-corrected chi connectivity index (χ2v) is 7.94. The molecule has 1 fully saturated rings. The lowest BCUT2D eigenvalue weighted by Gasteiger charge is -2.33. The molecule has 3 heterocycles. The predicted molar refractivity (Wildman–Crippen MR) is 120 cm³/mol. The van der Waals surface area contributed by atoms with Crippen LogP contribution >= 0.6 is 12.6 Å². The number of piperazine rings is 1. The minimum atomic E-state index is -0.992. The number of carboxylic acids is 1. The van der Waals surface area contributed by atoms with Gasteiger partial charge in [-0.1, -0.05) is 12.1 Å². The molecule has 0 bridgehead atoms. The van der Waals surface area contributed by atoms with Crippen molar-refractivity contribution in [3.05, 3.63) is 77.6 Å². The summed E-state index contributed by atoms with van der Waals surface area (Å²) >= 11 is 4.58. The number of benzene rings is 1. The SMILES string of the molecule is O=C(O)c1ccc(CN2CCN(C(=O)Oc3ccc(C(S)c4ncc[nH]4)cc3)CC2)nc1. The van der Waals surface area contributed by atoms with Gasteiger partial charge in [-0.3, -0.25) is 9.88 Å². The fourth-order valence-electron chi connectivity index (χ4n) is 3.43. The van der Waals surface area contributed by atoms with Crippen LogP contribution in [0.1, 0.15) is 32.7 Å². The summed E-state index contributed by atoms with van der Waals surface area (Å²) in [5.74, 6) is 0.238. The fraction of sp³-hybridized carbons (Fsp3) is 0.273. The van der Waals surface area contributed by atoms with Gasteiger partial charge >= 0.3 is 12.1 Å². The van der Waals surface area contributed by atoms with Crippen LogP contribution in [0, 0.1) is 0 Å². The molecule has 0 radical (unpaired) electrons. The number of rotatable bonds is 6. The van der Waals surface area contributed by atoms with Gasteiger partial charge in [0.1, 0.15) is 11.6 Å². The Bertz CT molecular complexity index is 1050. The molecular weight excluding hydrogens is 430 g/mol. The number of hydrogen-bond donors (Lipinski definition) is 3. The maximum Gasteiger partial charge on any atom is 0.415 e. The predicted octanol–water partition coefficient (Wildman–Crippen LogP) is 2.84. The number of imidazole rings is 1. The highest BCUT2D eigenvalue weighted by molar-refractivity contribution is 7.80. The molecule has 1 saturated heterocycles. The number of nitrogens with zero attached hydrogens (tertiary/aromatic N) is 4. The Kier molecular flexibility index (Phi) is 6.72. The molecule has 1 unspecified atom stereocenters. The van der Waals surface area contributed by atoms with Crippen LogP contribution in [0.4, 0.5) is 4.79 Å². The van der Waals surface area contributed by atoms with Gasteiger partial charge in [-0.2, -0.15) is 12.6 Å². The third-order valence-electron chi connectivity index (χ3n) is 5.27. The van der Waals surface area contributed by atoms with Gasteiger partial charge in [-0.15, -0.1) is 0 Å². The van der Waals surface area contributed by atoms with Crippen molar-refractivity contribution < 1.29 is 19.4 Å². The van der Waals surface area contributed by atoms with Gasteiger partial charge in [0.2, 0.25) is 0 Å². The van der Waals surface area contributed by atoms with Crippen LogP contribution < -0.4 is 4.74 Å². The van der Waals surface area contributed by atoms with Gasteiger partial charge in [0.25, 0.3) is 0 Å². The smallest absolute Gasteiger partial charge is 0.415 e. The Hall–Kier alpha value is -3.37. The Balaban J connectivity index is 1.26. The average molecular weight is 454 g/mol. The number of carboxylic acid groups (broad SMARTS) is 1. The van der Waals surface area contributed by atoms with E-state index in [1.165, 1.54) is 6.20 Å². The van der Waals surface area contributed by atoms with Gasteiger partial charge in [-0.05, 0) is 29.8 Å². The number of aromatic nitrogens is 3. The number of carbonyl (C=O) groups excluding carboxylic acids is 1. The van der Waals surface area contributed by atoms with E-state index in [9.17, 15) is 9.59 Å². The second-order valence-electron chi connectivity index (χ2n) is 7.42. The minimum Gasteiger partial charge on any atom is -0.478 e. The molecule has 1 amide bonds. The summed E-state index contributed by atoms with van der Waals surface area (Å²) in [4.78, 5) is 38.7. The van der Waals surface area contributed by atoms with E-state index in [2.05, 4.69) is 32.5 Å². The molecule has 1 aromatic carbocycles. The summed E-state index contributed by atoms with van der Waals surface area (Å²) in [6.45, 7) is 3.05. The molecule has 4 rings (SSSR count). The van der Waals surface area contributed by atoms with Crippen molar-refractivity contribution in [2.75, 3.05) is 26.2 Å². The molecule has 0 aliphatic carbocycles. The van der Waals surface area contributed by atoms with Crippen LogP contribution in [0.5, 0.6) is 5.75 Å². The number of carbonyl (C=O) groups is 2. The standard InChI is InChI=1S/C22H23N5O4S/c28-21(29)16-1-4-17(25-13-16)14-26-9-11-27(12-10-26)22(30)31-18-5-2-15(3-6-18)19(32)20-23-7-8-24-20/h1-8,13,19,32H,9-12,14H2,(H,23,24)(H,28,29). The number of aromatic amines is 1. The largest absolute Gasteiger partial charge is 0.478 e. The molecule has 2 aromatic heterocycles. The van der Waals surface area contributed by atoms with Gasteiger partial charge in [0, 0.05) is 51.3 Å². The van der Waals surface area contributed by atoms with Crippen LogP contribution in [0.3, 0.4) is 0 Å². The van der Waals surface area contributed by atoms with Crippen LogP contribution in [-0.4, -0.2) is 68.1 Å². The van der Waals surface area contributed by atoms with E-state index in [4.69, 9.17) is 9.84 Å². The molecule has 32 heavy (non-hydrogen) atoms. The number of amides is 1. The van der Waals surface area contributed by atoms with Crippen molar-refractivity contribution in [2.24, 2.45) is 0 Å². The number of hydrogen-bond acceptors (Lipinski definition) is 7. The quantitative estimate of drug-likeness (QED) is 0.492. The van der Waals surface area contributed by atoms with Crippen molar-refractivity contribution in [3.8, 4) is 5.75 Å². The van der Waals surface area contributed by atoms with Crippen LogP contribution in [-0.2, 0) is 6.54 Å². The maximum absolute atomic E-state index is 12.5. The van der Waals surface area contributed by atoms with Crippen molar-refractivity contribution >= 4 is 24.7 Å². The van der Waals surface area contributed by atoms with E-state index in [-0.39, 0.29) is 16.9 Å². The fourth-order valence-corrected chi connectivity index (χ4v) is 3.74. The number of thiol groups is 1. The van der Waals surface area contributed by atoms with E-state index in [1.54, 1.807) is 41.6 Å². The Morgan fingerprint density at radius 1 is 1.09 bits per heavy atom. The zero-order valence-electron chi connectivity index (χ0n) is 17.2. The summed E-state index contributed by atoms with van der Waals surface area (Å²) in [5, 5.41) is 8.77. The number of nitrogens with one attached hydrogen (secondary N) is 1. The first kappa shape index (κ1) is 21.8. The van der Waals surface area contributed by atoms with Crippen LogP contribution in [0.25, 0.3) is 0 Å². The molecule has 1 atom stereocenters. The van der Waals surface area contributed by atoms with Gasteiger partial charge in [0.05, 0.1) is 16.5 Å². The molecule has 1 aliphatic rings.